The number of halogens is 4. The summed E-state index contributed by atoms with van der Waals surface area (Å²) < 4.78 is 44.4. The van der Waals surface area contributed by atoms with Crippen molar-refractivity contribution in [2.75, 3.05) is 5.32 Å². The molecule has 0 fully saturated rings. The second-order valence-electron chi connectivity index (χ2n) is 5.58. The molecule has 0 spiro atoms. The molecule has 0 aliphatic heterocycles. The first-order chi connectivity index (χ1) is 13.2. The molecule has 28 heavy (non-hydrogen) atoms. The van der Waals surface area contributed by atoms with Crippen LogP contribution in [-0.4, -0.2) is 10.8 Å². The number of anilines is 1. The molecule has 0 saturated heterocycles. The fraction of sp³-hybridized carbons (Fsp3) is 0.0556. The van der Waals surface area contributed by atoms with Crippen LogP contribution in [0.3, 0.4) is 0 Å². The van der Waals surface area contributed by atoms with Crippen molar-refractivity contribution in [3.05, 3.63) is 81.1 Å². The molecule has 0 saturated carbocycles. The van der Waals surface area contributed by atoms with Gasteiger partial charge >= 0.3 is 6.18 Å². The molecule has 2 aromatic carbocycles. The molecule has 1 N–H and O–H groups in total. The Balaban J connectivity index is 1.87. The number of nitro groups is 1. The highest BCUT2D eigenvalue weighted by Crippen LogP contribution is 2.35. The first-order valence-electron chi connectivity index (χ1n) is 7.68. The normalized spacial score (nSPS) is 11.3. The van der Waals surface area contributed by atoms with Gasteiger partial charge in [-0.1, -0.05) is 23.7 Å². The van der Waals surface area contributed by atoms with E-state index in [0.717, 1.165) is 12.1 Å². The summed E-state index contributed by atoms with van der Waals surface area (Å²) in [5, 5.41) is 13.1. The van der Waals surface area contributed by atoms with Crippen molar-refractivity contribution in [3.63, 3.8) is 0 Å². The lowest BCUT2D eigenvalue weighted by atomic mass is 10.1. The third kappa shape index (κ3) is 3.99. The Bertz CT molecular complexity index is 1060. The van der Waals surface area contributed by atoms with Crippen LogP contribution in [0.4, 0.5) is 24.5 Å². The molecule has 6 nitrogen and oxygen atoms in total. The molecular formula is C18H10ClF3N2O4. The van der Waals surface area contributed by atoms with Gasteiger partial charge in [0, 0.05) is 11.6 Å². The van der Waals surface area contributed by atoms with Gasteiger partial charge in [-0.2, -0.15) is 13.2 Å². The number of nitrogens with zero attached hydrogens (tertiary/aromatic N) is 1. The lowest BCUT2D eigenvalue weighted by Crippen LogP contribution is -2.16. The maximum Gasteiger partial charge on any atom is 0.418 e. The number of furan rings is 1. The third-order valence-electron chi connectivity index (χ3n) is 3.74. The second kappa shape index (κ2) is 7.35. The van der Waals surface area contributed by atoms with Crippen molar-refractivity contribution in [1.82, 2.24) is 0 Å². The lowest BCUT2D eigenvalue weighted by molar-refractivity contribution is -0.384. The van der Waals surface area contributed by atoms with E-state index in [9.17, 15) is 28.1 Å². The molecule has 1 amide bonds. The van der Waals surface area contributed by atoms with Gasteiger partial charge in [-0.15, -0.1) is 0 Å². The number of nitro benzene ring substituents is 1. The van der Waals surface area contributed by atoms with E-state index >= 15 is 0 Å². The summed E-state index contributed by atoms with van der Waals surface area (Å²) in [5.74, 6) is -1.04. The number of hydrogen-bond acceptors (Lipinski definition) is 4. The number of nitrogens with one attached hydrogen (secondary N) is 1. The molecule has 3 rings (SSSR count). The van der Waals surface area contributed by atoms with Crippen LogP contribution in [-0.2, 0) is 6.18 Å². The minimum Gasteiger partial charge on any atom is -0.451 e. The molecule has 0 atom stereocenters. The van der Waals surface area contributed by atoms with Crippen molar-refractivity contribution >= 4 is 28.9 Å². The molecule has 0 unspecified atom stereocenters. The zero-order chi connectivity index (χ0) is 20.5. The monoisotopic (exact) mass is 410 g/mol. The van der Waals surface area contributed by atoms with E-state index in [-0.39, 0.29) is 27.8 Å². The van der Waals surface area contributed by atoms with Crippen LogP contribution in [0.5, 0.6) is 0 Å². The molecule has 1 aromatic heterocycles. The number of amides is 1. The van der Waals surface area contributed by atoms with Crippen molar-refractivity contribution in [2.24, 2.45) is 0 Å². The molecule has 10 heteroatoms. The summed E-state index contributed by atoms with van der Waals surface area (Å²) >= 11 is 5.75. The van der Waals surface area contributed by atoms with E-state index in [1.807, 2.05) is 0 Å². The lowest BCUT2D eigenvalue weighted by Gasteiger charge is -2.12. The van der Waals surface area contributed by atoms with Crippen LogP contribution in [0.2, 0.25) is 5.02 Å². The minimum absolute atomic E-state index is 0.0676. The zero-order valence-corrected chi connectivity index (χ0v) is 14.5. The molecular weight excluding hydrogens is 401 g/mol. The molecule has 0 aliphatic carbocycles. The number of para-hydroxylation sites is 1. The molecule has 3 aromatic rings. The van der Waals surface area contributed by atoms with Crippen molar-refractivity contribution in [3.8, 4) is 11.3 Å². The van der Waals surface area contributed by atoms with E-state index in [4.69, 9.17) is 16.0 Å². The highest BCUT2D eigenvalue weighted by atomic mass is 35.5. The van der Waals surface area contributed by atoms with E-state index in [1.165, 1.54) is 42.5 Å². The molecule has 0 aliphatic rings. The van der Waals surface area contributed by atoms with E-state index in [0.29, 0.717) is 0 Å². The predicted molar refractivity (Wildman–Crippen MR) is 95.2 cm³/mol. The molecule has 1 heterocycles. The van der Waals surface area contributed by atoms with Crippen molar-refractivity contribution in [1.29, 1.82) is 0 Å². The average Bonchev–Trinajstić information content (AvgIpc) is 3.11. The van der Waals surface area contributed by atoms with E-state index in [2.05, 4.69) is 5.32 Å². The smallest absolute Gasteiger partial charge is 0.418 e. The largest absolute Gasteiger partial charge is 0.451 e. The molecule has 144 valence electrons. The summed E-state index contributed by atoms with van der Waals surface area (Å²) in [5.41, 5.74) is -1.48. The zero-order valence-electron chi connectivity index (χ0n) is 13.8. The first kappa shape index (κ1) is 19.4. The summed E-state index contributed by atoms with van der Waals surface area (Å²) in [6.07, 6.45) is -4.64. The summed E-state index contributed by atoms with van der Waals surface area (Å²) in [7, 11) is 0. The van der Waals surface area contributed by atoms with Gasteiger partial charge in [-0.25, -0.2) is 0 Å². The van der Waals surface area contributed by atoms with Gasteiger partial charge in [-0.3, -0.25) is 14.9 Å². The van der Waals surface area contributed by atoms with Crippen molar-refractivity contribution in [2.45, 2.75) is 6.18 Å². The van der Waals surface area contributed by atoms with Crippen LogP contribution >= 0.6 is 11.6 Å². The third-order valence-corrected chi connectivity index (χ3v) is 4.06. The highest BCUT2D eigenvalue weighted by Gasteiger charge is 2.33. The number of benzene rings is 2. The van der Waals surface area contributed by atoms with Gasteiger partial charge in [0.25, 0.3) is 11.6 Å². The quantitative estimate of drug-likeness (QED) is 0.436. The standard InChI is InChI=1S/C18H10ClF3N2O4/c19-12-6-5-10(9-14(12)24(26)27)15-7-8-16(28-15)17(25)23-13-4-2-1-3-11(13)18(20,21)22/h1-9H,(H,23,25). The van der Waals surface area contributed by atoms with Gasteiger partial charge in [0.15, 0.2) is 5.76 Å². The fourth-order valence-electron chi connectivity index (χ4n) is 2.44. The Morgan fingerprint density at radius 1 is 1.11 bits per heavy atom. The topological polar surface area (TPSA) is 85.4 Å². The fourth-order valence-corrected chi connectivity index (χ4v) is 2.63. The van der Waals surface area contributed by atoms with Gasteiger partial charge < -0.3 is 9.73 Å². The average molecular weight is 411 g/mol. The Morgan fingerprint density at radius 2 is 1.82 bits per heavy atom. The minimum atomic E-state index is -4.64. The summed E-state index contributed by atoms with van der Waals surface area (Å²) in [6, 6.07) is 11.1. The SMILES string of the molecule is O=C(Nc1ccccc1C(F)(F)F)c1ccc(-c2ccc(Cl)c([N+](=O)[O-])c2)o1. The maximum absolute atomic E-state index is 13.0. The van der Waals surface area contributed by atoms with E-state index in [1.54, 1.807) is 0 Å². The van der Waals surface area contributed by atoms with Gasteiger partial charge in [0.1, 0.15) is 10.8 Å². The van der Waals surface area contributed by atoms with Gasteiger partial charge in [0.05, 0.1) is 16.2 Å². The Labute approximate surface area is 160 Å². The van der Waals surface area contributed by atoms with Gasteiger partial charge in [0.2, 0.25) is 0 Å². The molecule has 0 radical (unpaired) electrons. The van der Waals surface area contributed by atoms with Crippen LogP contribution < -0.4 is 5.32 Å². The predicted octanol–water partition coefficient (Wildman–Crippen LogP) is 5.78. The number of hydrogen-bond donors (Lipinski definition) is 1. The van der Waals surface area contributed by atoms with Crippen molar-refractivity contribution < 1.29 is 27.3 Å². The van der Waals surface area contributed by atoms with Crippen LogP contribution in [0.1, 0.15) is 16.1 Å². The second-order valence-corrected chi connectivity index (χ2v) is 5.99. The molecule has 0 bridgehead atoms. The Morgan fingerprint density at radius 3 is 2.50 bits per heavy atom. The maximum atomic E-state index is 13.0. The number of rotatable bonds is 4. The van der Waals surface area contributed by atoms with Gasteiger partial charge in [-0.05, 0) is 36.4 Å². The summed E-state index contributed by atoms with van der Waals surface area (Å²) in [4.78, 5) is 22.6. The Hall–Kier alpha value is -3.33. The van der Waals surface area contributed by atoms with Crippen LogP contribution in [0, 0.1) is 10.1 Å². The number of alkyl halides is 3. The number of carbonyl (C=O) groups excluding carboxylic acids is 1. The highest BCUT2D eigenvalue weighted by molar-refractivity contribution is 6.32. The number of carbonyl (C=O) groups is 1. The first-order valence-corrected chi connectivity index (χ1v) is 8.06. The van der Waals surface area contributed by atoms with Crippen LogP contribution in [0.15, 0.2) is 59.0 Å². The van der Waals surface area contributed by atoms with Crippen LogP contribution in [0.25, 0.3) is 11.3 Å². The Kier molecular flexibility index (Phi) is 5.10. The summed E-state index contributed by atoms with van der Waals surface area (Å²) in [6.45, 7) is 0. The van der Waals surface area contributed by atoms with E-state index < -0.39 is 28.3 Å².